The van der Waals surface area contributed by atoms with Crippen molar-refractivity contribution in [3.63, 3.8) is 0 Å². The number of ketones is 1. The van der Waals surface area contributed by atoms with E-state index in [2.05, 4.69) is 10.4 Å². The molecule has 3 aromatic rings. The third-order valence-electron chi connectivity index (χ3n) is 5.08. The van der Waals surface area contributed by atoms with Gasteiger partial charge in [0.25, 0.3) is 0 Å². The minimum absolute atomic E-state index is 0.0340. The number of aromatic nitrogens is 2. The van der Waals surface area contributed by atoms with Gasteiger partial charge in [0, 0.05) is 11.6 Å². The van der Waals surface area contributed by atoms with Crippen molar-refractivity contribution in [3.8, 4) is 11.4 Å². The molecule has 2 aromatic carbocycles. The van der Waals surface area contributed by atoms with Crippen molar-refractivity contribution in [2.24, 2.45) is 0 Å². The first-order chi connectivity index (χ1) is 16.4. The van der Waals surface area contributed by atoms with E-state index < -0.39 is 23.4 Å². The molecule has 0 radical (unpaired) electrons. The molecule has 0 aliphatic carbocycles. The molecule has 0 aliphatic heterocycles. The Morgan fingerprint density at radius 3 is 2.65 bits per heavy atom. The molecule has 0 saturated heterocycles. The van der Waals surface area contributed by atoms with E-state index in [-0.39, 0.29) is 23.6 Å². The van der Waals surface area contributed by atoms with E-state index >= 15 is 0 Å². The van der Waals surface area contributed by atoms with Gasteiger partial charge >= 0.3 is 5.97 Å². The van der Waals surface area contributed by atoms with Gasteiger partial charge in [0.2, 0.25) is 0 Å². The predicted octanol–water partition coefficient (Wildman–Crippen LogP) is 3.58. The van der Waals surface area contributed by atoms with Crippen molar-refractivity contribution in [1.82, 2.24) is 15.1 Å². The highest BCUT2D eigenvalue weighted by atomic mass is 19.1. The molecule has 0 spiro atoms. The van der Waals surface area contributed by atoms with Crippen LogP contribution in [0, 0.1) is 11.6 Å². The molecule has 1 heterocycles. The largest absolute Gasteiger partial charge is 0.494 e. The number of hydrogen-bond acceptors (Lipinski definition) is 6. The standard InChI is InChI=1S/C24H26F2N4O4/c25-17-8-9-21(20(26)13-17)30-24(27)19(14-29-30)23(33)16-6-5-7-18(12-16)34-11-4-2-1-3-10-28-15-22(31)32/h5-9,12-14,28H,1-4,10-11,15,27H2,(H,31,32). The summed E-state index contributed by atoms with van der Waals surface area (Å²) in [5.74, 6) is -2.37. The second-order valence-corrected chi connectivity index (χ2v) is 7.64. The number of hydrogen-bond donors (Lipinski definition) is 3. The van der Waals surface area contributed by atoms with E-state index in [1.807, 2.05) is 0 Å². The SMILES string of the molecule is Nc1c(C(=O)c2cccc(OCCCCCCNCC(=O)O)c2)cnn1-c1ccc(F)cc1F. The second kappa shape index (κ2) is 11.9. The normalized spacial score (nSPS) is 10.9. The lowest BCUT2D eigenvalue weighted by atomic mass is 10.1. The number of carboxylic acids is 1. The summed E-state index contributed by atoms with van der Waals surface area (Å²) in [7, 11) is 0. The van der Waals surface area contributed by atoms with E-state index in [0.717, 1.165) is 42.5 Å². The quantitative estimate of drug-likeness (QED) is 0.257. The highest BCUT2D eigenvalue weighted by Crippen LogP contribution is 2.24. The highest BCUT2D eigenvalue weighted by molar-refractivity contribution is 6.11. The Morgan fingerprint density at radius 1 is 1.09 bits per heavy atom. The van der Waals surface area contributed by atoms with Crippen LogP contribution >= 0.6 is 0 Å². The first kappa shape index (κ1) is 24.8. The fourth-order valence-corrected chi connectivity index (χ4v) is 3.35. The molecule has 8 nitrogen and oxygen atoms in total. The van der Waals surface area contributed by atoms with Gasteiger partial charge < -0.3 is 20.9 Å². The van der Waals surface area contributed by atoms with E-state index in [1.54, 1.807) is 24.3 Å². The molecule has 0 aliphatic rings. The number of nitrogens with one attached hydrogen (secondary N) is 1. The van der Waals surface area contributed by atoms with Gasteiger partial charge in [-0.2, -0.15) is 5.10 Å². The van der Waals surface area contributed by atoms with Crippen molar-refractivity contribution in [2.45, 2.75) is 25.7 Å². The number of nitrogens with two attached hydrogens (primary N) is 1. The van der Waals surface area contributed by atoms with E-state index in [0.29, 0.717) is 24.5 Å². The Kier molecular flexibility index (Phi) is 8.69. The van der Waals surface area contributed by atoms with Crippen molar-refractivity contribution < 1.29 is 28.2 Å². The summed E-state index contributed by atoms with van der Waals surface area (Å²) < 4.78 is 34.1. The van der Waals surface area contributed by atoms with Gasteiger partial charge in [-0.05, 0) is 43.7 Å². The molecule has 0 amide bonds. The maximum absolute atomic E-state index is 14.1. The lowest BCUT2D eigenvalue weighted by Gasteiger charge is -2.09. The van der Waals surface area contributed by atoms with Crippen LogP contribution < -0.4 is 15.8 Å². The summed E-state index contributed by atoms with van der Waals surface area (Å²) in [5.41, 5.74) is 6.42. The van der Waals surface area contributed by atoms with Gasteiger partial charge in [0.15, 0.2) is 11.6 Å². The minimum Gasteiger partial charge on any atom is -0.494 e. The molecule has 34 heavy (non-hydrogen) atoms. The number of nitrogen functional groups attached to an aromatic ring is 1. The van der Waals surface area contributed by atoms with Crippen LogP contribution in [0.1, 0.15) is 41.6 Å². The Balaban J connectivity index is 1.54. The zero-order valence-corrected chi connectivity index (χ0v) is 18.5. The molecule has 180 valence electrons. The van der Waals surface area contributed by atoms with Crippen LogP contribution in [0.15, 0.2) is 48.7 Å². The number of aliphatic carboxylic acids is 1. The molecule has 1 aromatic heterocycles. The van der Waals surface area contributed by atoms with Crippen LogP contribution in [0.5, 0.6) is 5.75 Å². The Labute approximate surface area is 195 Å². The zero-order chi connectivity index (χ0) is 24.5. The first-order valence-electron chi connectivity index (χ1n) is 10.9. The van der Waals surface area contributed by atoms with Crippen LogP contribution in [0.25, 0.3) is 5.69 Å². The van der Waals surface area contributed by atoms with Crippen LogP contribution in [-0.4, -0.2) is 46.3 Å². The van der Waals surface area contributed by atoms with Crippen LogP contribution in [0.3, 0.4) is 0 Å². The number of benzene rings is 2. The molecule has 0 unspecified atom stereocenters. The second-order valence-electron chi connectivity index (χ2n) is 7.64. The van der Waals surface area contributed by atoms with Crippen LogP contribution in [-0.2, 0) is 4.79 Å². The van der Waals surface area contributed by atoms with E-state index in [9.17, 15) is 18.4 Å². The summed E-state index contributed by atoms with van der Waals surface area (Å²) in [4.78, 5) is 23.4. The summed E-state index contributed by atoms with van der Waals surface area (Å²) in [6.45, 7) is 1.10. The van der Waals surface area contributed by atoms with E-state index in [1.165, 1.54) is 12.3 Å². The Morgan fingerprint density at radius 2 is 1.88 bits per heavy atom. The molecular weight excluding hydrogens is 446 g/mol. The third kappa shape index (κ3) is 6.61. The number of carbonyl (C=O) groups is 2. The zero-order valence-electron chi connectivity index (χ0n) is 18.5. The average Bonchev–Trinajstić information content (AvgIpc) is 3.18. The van der Waals surface area contributed by atoms with Gasteiger partial charge in [0.1, 0.15) is 23.1 Å². The third-order valence-corrected chi connectivity index (χ3v) is 5.08. The number of anilines is 1. The minimum atomic E-state index is -0.868. The summed E-state index contributed by atoms with van der Waals surface area (Å²) in [6, 6.07) is 9.66. The lowest BCUT2D eigenvalue weighted by Crippen LogP contribution is -2.23. The maximum atomic E-state index is 14.1. The topological polar surface area (TPSA) is 119 Å². The van der Waals surface area contributed by atoms with Crippen LogP contribution in [0.4, 0.5) is 14.6 Å². The predicted molar refractivity (Wildman–Crippen MR) is 122 cm³/mol. The molecule has 0 bridgehead atoms. The van der Waals surface area contributed by atoms with Gasteiger partial charge in [-0.25, -0.2) is 13.5 Å². The molecule has 10 heteroatoms. The molecule has 0 saturated carbocycles. The van der Waals surface area contributed by atoms with Gasteiger partial charge in [-0.1, -0.05) is 25.0 Å². The highest BCUT2D eigenvalue weighted by Gasteiger charge is 2.20. The van der Waals surface area contributed by atoms with Gasteiger partial charge in [-0.3, -0.25) is 9.59 Å². The van der Waals surface area contributed by atoms with E-state index in [4.69, 9.17) is 15.6 Å². The fraction of sp³-hybridized carbons (Fsp3) is 0.292. The number of carboxylic acid groups (broad SMARTS) is 1. The molecule has 0 atom stereocenters. The first-order valence-corrected chi connectivity index (χ1v) is 10.9. The molecule has 0 fully saturated rings. The molecule has 4 N–H and O–H groups in total. The number of unbranched alkanes of at least 4 members (excludes halogenated alkanes) is 3. The van der Waals surface area contributed by atoms with Crippen molar-refractivity contribution in [2.75, 3.05) is 25.4 Å². The average molecular weight is 472 g/mol. The molecule has 3 rings (SSSR count). The Hall–Kier alpha value is -3.79. The number of rotatable bonds is 13. The van der Waals surface area contributed by atoms with Crippen molar-refractivity contribution in [3.05, 3.63) is 71.4 Å². The fourth-order valence-electron chi connectivity index (χ4n) is 3.35. The van der Waals surface area contributed by atoms with Gasteiger partial charge in [0.05, 0.1) is 24.9 Å². The smallest absolute Gasteiger partial charge is 0.317 e. The molecular formula is C24H26F2N4O4. The number of halogens is 2. The number of ether oxygens (including phenoxy) is 1. The summed E-state index contributed by atoms with van der Waals surface area (Å²) in [6.07, 6.45) is 4.84. The monoisotopic (exact) mass is 472 g/mol. The maximum Gasteiger partial charge on any atom is 0.317 e. The number of nitrogens with zero attached hydrogens (tertiary/aromatic N) is 2. The lowest BCUT2D eigenvalue weighted by molar-refractivity contribution is -0.135. The Bertz CT molecular complexity index is 1150. The number of carbonyl (C=O) groups excluding carboxylic acids is 1. The van der Waals surface area contributed by atoms with Crippen molar-refractivity contribution >= 4 is 17.6 Å². The van der Waals surface area contributed by atoms with Crippen molar-refractivity contribution in [1.29, 1.82) is 0 Å². The summed E-state index contributed by atoms with van der Waals surface area (Å²) >= 11 is 0. The van der Waals surface area contributed by atoms with Gasteiger partial charge in [-0.15, -0.1) is 0 Å². The van der Waals surface area contributed by atoms with Crippen LogP contribution in [0.2, 0.25) is 0 Å². The summed E-state index contributed by atoms with van der Waals surface area (Å²) in [5, 5.41) is 15.4.